The molecule has 2 aromatic rings. The number of hydrogen-bond donors (Lipinski definition) is 0. The van der Waals surface area contributed by atoms with Crippen molar-refractivity contribution >= 4 is 6.01 Å². The van der Waals surface area contributed by atoms with Crippen molar-refractivity contribution in [3.63, 3.8) is 0 Å². The summed E-state index contributed by atoms with van der Waals surface area (Å²) in [6.07, 6.45) is 3.63. The summed E-state index contributed by atoms with van der Waals surface area (Å²) in [6, 6.07) is 5.33. The van der Waals surface area contributed by atoms with Gasteiger partial charge in [-0.2, -0.15) is 0 Å². The lowest BCUT2D eigenvalue weighted by atomic mass is 10.3. The molecule has 2 aromatic heterocycles. The largest absolute Gasteiger partial charge is 0.464 e. The van der Waals surface area contributed by atoms with Crippen molar-refractivity contribution < 1.29 is 8.83 Å². The van der Waals surface area contributed by atoms with Crippen LogP contribution in [0.2, 0.25) is 0 Å². The van der Waals surface area contributed by atoms with Crippen LogP contribution in [0, 0.1) is 12.8 Å². The van der Waals surface area contributed by atoms with Gasteiger partial charge in [-0.15, -0.1) is 5.10 Å². The second kappa shape index (κ2) is 4.36. The first-order chi connectivity index (χ1) is 9.70. The summed E-state index contributed by atoms with van der Waals surface area (Å²) in [5.41, 5.74) is 0. The molecule has 5 heteroatoms. The molecule has 0 amide bonds. The number of anilines is 1. The van der Waals surface area contributed by atoms with Crippen molar-refractivity contribution in [2.45, 2.75) is 51.6 Å². The minimum Gasteiger partial charge on any atom is -0.464 e. The molecule has 5 nitrogen and oxygen atoms in total. The molecule has 2 unspecified atom stereocenters. The smallest absolute Gasteiger partial charge is 0.318 e. The van der Waals surface area contributed by atoms with Gasteiger partial charge in [-0.1, -0.05) is 12.0 Å². The van der Waals surface area contributed by atoms with Gasteiger partial charge in [-0.25, -0.2) is 0 Å². The van der Waals surface area contributed by atoms with E-state index >= 15 is 0 Å². The van der Waals surface area contributed by atoms with E-state index in [1.807, 2.05) is 6.92 Å². The second-order valence-corrected chi connectivity index (χ2v) is 6.09. The highest BCUT2D eigenvalue weighted by molar-refractivity contribution is 5.31. The molecule has 0 spiro atoms. The fourth-order valence-electron chi connectivity index (χ4n) is 2.71. The zero-order valence-corrected chi connectivity index (χ0v) is 11.9. The molecule has 2 aliphatic rings. The number of hydrogen-bond acceptors (Lipinski definition) is 5. The molecule has 4 rings (SSSR count). The molecule has 2 heterocycles. The normalized spacial score (nSPS) is 24.9. The highest BCUT2D eigenvalue weighted by Gasteiger charge is 2.37. The van der Waals surface area contributed by atoms with Gasteiger partial charge in [0.1, 0.15) is 11.5 Å². The van der Waals surface area contributed by atoms with Crippen LogP contribution in [0.25, 0.3) is 0 Å². The average Bonchev–Trinajstić information content (AvgIpc) is 3.30. The first-order valence-electron chi connectivity index (χ1n) is 7.36. The standard InChI is InChI=1S/C15H19N3O2/c1-9-7-13(9)14-6-5-12(20-14)8-18(11-3-4-11)15-17-16-10(2)19-15/h5-6,9,11,13H,3-4,7-8H2,1-2H3. The van der Waals surface area contributed by atoms with Crippen LogP contribution in [0.3, 0.4) is 0 Å². The van der Waals surface area contributed by atoms with E-state index in [0.717, 1.165) is 17.4 Å². The number of aromatic nitrogens is 2. The van der Waals surface area contributed by atoms with Gasteiger partial charge in [0.15, 0.2) is 0 Å². The highest BCUT2D eigenvalue weighted by Crippen LogP contribution is 2.47. The van der Waals surface area contributed by atoms with E-state index in [-0.39, 0.29) is 0 Å². The van der Waals surface area contributed by atoms with Crippen LogP contribution in [0.5, 0.6) is 0 Å². The van der Waals surface area contributed by atoms with E-state index < -0.39 is 0 Å². The second-order valence-electron chi connectivity index (χ2n) is 6.09. The van der Waals surface area contributed by atoms with Crippen LogP contribution in [-0.4, -0.2) is 16.2 Å². The van der Waals surface area contributed by atoms with Crippen molar-refractivity contribution in [2.24, 2.45) is 5.92 Å². The molecule has 0 saturated heterocycles. The van der Waals surface area contributed by atoms with Gasteiger partial charge in [0, 0.05) is 18.9 Å². The SMILES string of the molecule is Cc1nnc(N(Cc2ccc(C3CC3C)o2)C2CC2)o1. The van der Waals surface area contributed by atoms with E-state index in [2.05, 4.69) is 34.2 Å². The Labute approximate surface area is 118 Å². The Balaban J connectivity index is 1.51. The third-order valence-corrected chi connectivity index (χ3v) is 4.23. The molecule has 0 bridgehead atoms. The maximum absolute atomic E-state index is 5.98. The molecule has 20 heavy (non-hydrogen) atoms. The average molecular weight is 273 g/mol. The zero-order chi connectivity index (χ0) is 13.7. The molecule has 0 aliphatic heterocycles. The molecular weight excluding hydrogens is 254 g/mol. The summed E-state index contributed by atoms with van der Waals surface area (Å²) in [5, 5.41) is 8.06. The van der Waals surface area contributed by atoms with Gasteiger partial charge in [0.05, 0.1) is 6.54 Å². The summed E-state index contributed by atoms with van der Waals surface area (Å²) in [6.45, 7) is 4.80. The number of nitrogens with zero attached hydrogens (tertiary/aromatic N) is 3. The molecule has 2 atom stereocenters. The van der Waals surface area contributed by atoms with Gasteiger partial charge in [-0.05, 0) is 37.3 Å². The van der Waals surface area contributed by atoms with Crippen LogP contribution in [0.1, 0.15) is 49.5 Å². The first-order valence-corrected chi connectivity index (χ1v) is 7.36. The summed E-state index contributed by atoms with van der Waals surface area (Å²) in [5.74, 6) is 4.13. The Morgan fingerprint density at radius 1 is 1.25 bits per heavy atom. The van der Waals surface area contributed by atoms with Crippen molar-refractivity contribution in [3.05, 3.63) is 29.5 Å². The van der Waals surface area contributed by atoms with Crippen LogP contribution < -0.4 is 4.90 Å². The van der Waals surface area contributed by atoms with E-state index in [9.17, 15) is 0 Å². The lowest BCUT2D eigenvalue weighted by Crippen LogP contribution is -2.25. The van der Waals surface area contributed by atoms with Crippen LogP contribution in [-0.2, 0) is 6.54 Å². The van der Waals surface area contributed by atoms with Gasteiger partial charge in [0.2, 0.25) is 5.89 Å². The Hall–Kier alpha value is -1.78. The van der Waals surface area contributed by atoms with E-state index in [1.54, 1.807) is 0 Å². The van der Waals surface area contributed by atoms with Gasteiger partial charge in [-0.3, -0.25) is 0 Å². The molecule has 2 aliphatic carbocycles. The Kier molecular flexibility index (Phi) is 2.62. The van der Waals surface area contributed by atoms with Crippen molar-refractivity contribution in [1.82, 2.24) is 10.2 Å². The molecular formula is C15H19N3O2. The van der Waals surface area contributed by atoms with Crippen molar-refractivity contribution in [2.75, 3.05) is 4.90 Å². The van der Waals surface area contributed by atoms with Gasteiger partial charge >= 0.3 is 6.01 Å². The molecule has 2 fully saturated rings. The monoisotopic (exact) mass is 273 g/mol. The maximum atomic E-state index is 5.98. The van der Waals surface area contributed by atoms with E-state index in [4.69, 9.17) is 8.83 Å². The molecule has 0 aromatic carbocycles. The highest BCUT2D eigenvalue weighted by atomic mass is 16.4. The van der Waals surface area contributed by atoms with Gasteiger partial charge < -0.3 is 13.7 Å². The molecule has 106 valence electrons. The van der Waals surface area contributed by atoms with E-state index in [0.29, 0.717) is 30.4 Å². The first kappa shape index (κ1) is 12.0. The van der Waals surface area contributed by atoms with E-state index in [1.165, 1.54) is 19.3 Å². The fraction of sp³-hybridized carbons (Fsp3) is 0.600. The molecule has 0 N–H and O–H groups in total. The number of aryl methyl sites for hydroxylation is 1. The van der Waals surface area contributed by atoms with Gasteiger partial charge in [0.25, 0.3) is 0 Å². The van der Waals surface area contributed by atoms with Crippen molar-refractivity contribution in [1.29, 1.82) is 0 Å². The Morgan fingerprint density at radius 3 is 2.65 bits per heavy atom. The fourth-order valence-corrected chi connectivity index (χ4v) is 2.71. The summed E-state index contributed by atoms with van der Waals surface area (Å²) in [7, 11) is 0. The van der Waals surface area contributed by atoms with Crippen LogP contribution in [0.4, 0.5) is 6.01 Å². The quantitative estimate of drug-likeness (QED) is 0.837. The van der Waals surface area contributed by atoms with Crippen LogP contribution >= 0.6 is 0 Å². The minimum atomic E-state index is 0.517. The Bertz CT molecular complexity index is 614. The summed E-state index contributed by atoms with van der Waals surface area (Å²) in [4.78, 5) is 2.17. The molecule has 2 saturated carbocycles. The predicted molar refractivity (Wildman–Crippen MR) is 73.5 cm³/mol. The topological polar surface area (TPSA) is 55.3 Å². The maximum Gasteiger partial charge on any atom is 0.318 e. The summed E-state index contributed by atoms with van der Waals surface area (Å²) < 4.78 is 11.5. The summed E-state index contributed by atoms with van der Waals surface area (Å²) >= 11 is 0. The molecule has 0 radical (unpaired) electrons. The number of furan rings is 1. The third-order valence-electron chi connectivity index (χ3n) is 4.23. The number of rotatable bonds is 5. The van der Waals surface area contributed by atoms with Crippen LogP contribution in [0.15, 0.2) is 21.0 Å². The lowest BCUT2D eigenvalue weighted by molar-refractivity contribution is 0.441. The third kappa shape index (κ3) is 2.21. The van der Waals surface area contributed by atoms with Crippen molar-refractivity contribution in [3.8, 4) is 0 Å². The Morgan fingerprint density at radius 2 is 2.05 bits per heavy atom. The minimum absolute atomic E-state index is 0.517. The lowest BCUT2D eigenvalue weighted by Gasteiger charge is -2.17. The zero-order valence-electron chi connectivity index (χ0n) is 11.9. The predicted octanol–water partition coefficient (Wildman–Crippen LogP) is 3.26.